The van der Waals surface area contributed by atoms with Gasteiger partial charge in [0, 0.05) is 17.4 Å². The van der Waals surface area contributed by atoms with Crippen LogP contribution < -0.4 is 4.74 Å². The Labute approximate surface area is 97.9 Å². The van der Waals surface area contributed by atoms with Gasteiger partial charge in [0.1, 0.15) is 11.9 Å². The smallest absolute Gasteiger partial charge is 0.142 e. The van der Waals surface area contributed by atoms with E-state index in [0.29, 0.717) is 6.61 Å². The molecule has 0 saturated carbocycles. The maximum atomic E-state index is 5.83. The summed E-state index contributed by atoms with van der Waals surface area (Å²) in [5.41, 5.74) is 1.97. The van der Waals surface area contributed by atoms with Crippen molar-refractivity contribution in [2.45, 2.75) is 24.8 Å². The van der Waals surface area contributed by atoms with Gasteiger partial charge < -0.3 is 9.47 Å². The summed E-state index contributed by atoms with van der Waals surface area (Å²) in [6, 6.07) is 3.95. The summed E-state index contributed by atoms with van der Waals surface area (Å²) in [5, 5.41) is 0.720. The zero-order valence-electron chi connectivity index (χ0n) is 8.70. The number of hydrogen-bond donors (Lipinski definition) is 0. The van der Waals surface area contributed by atoms with Crippen LogP contribution in [0.15, 0.2) is 12.1 Å². The normalized spacial score (nSPS) is 20.5. The Balaban J connectivity index is 2.12. The Bertz CT molecular complexity index is 337. The number of rotatable bonds is 3. The van der Waals surface area contributed by atoms with E-state index in [1.165, 1.54) is 0 Å². The summed E-state index contributed by atoms with van der Waals surface area (Å²) >= 11 is 3.42. The zero-order valence-corrected chi connectivity index (χ0v) is 10.3. The molecule has 2 heterocycles. The lowest BCUT2D eigenvalue weighted by Gasteiger charge is -2.14. The summed E-state index contributed by atoms with van der Waals surface area (Å²) < 4.78 is 11.1. The van der Waals surface area contributed by atoms with Crippen LogP contribution in [-0.4, -0.2) is 24.3 Å². The number of aromatic nitrogens is 1. The van der Waals surface area contributed by atoms with Gasteiger partial charge in [-0.3, -0.25) is 4.98 Å². The molecule has 15 heavy (non-hydrogen) atoms. The maximum absolute atomic E-state index is 5.83. The molecule has 1 unspecified atom stereocenters. The van der Waals surface area contributed by atoms with E-state index in [0.717, 1.165) is 35.5 Å². The average molecular weight is 272 g/mol. The Morgan fingerprint density at radius 3 is 3.13 bits per heavy atom. The molecule has 0 spiro atoms. The highest BCUT2D eigenvalue weighted by Gasteiger charge is 2.18. The first kappa shape index (κ1) is 10.9. The van der Waals surface area contributed by atoms with Crippen molar-refractivity contribution in [3.05, 3.63) is 23.5 Å². The highest BCUT2D eigenvalue weighted by molar-refractivity contribution is 9.08. The van der Waals surface area contributed by atoms with E-state index in [9.17, 15) is 0 Å². The van der Waals surface area contributed by atoms with E-state index in [1.807, 2.05) is 19.1 Å². The summed E-state index contributed by atoms with van der Waals surface area (Å²) in [4.78, 5) is 4.42. The lowest BCUT2D eigenvalue weighted by Crippen LogP contribution is -2.16. The van der Waals surface area contributed by atoms with E-state index in [1.54, 1.807) is 0 Å². The molecular formula is C11H14BrNO2. The highest BCUT2D eigenvalue weighted by atomic mass is 79.9. The largest absolute Gasteiger partial charge is 0.486 e. The SMILES string of the molecule is Cc1ccc(OC2CCOC2)c(CBr)n1. The first-order valence-corrected chi connectivity index (χ1v) is 6.18. The predicted molar refractivity (Wildman–Crippen MR) is 61.5 cm³/mol. The second-order valence-electron chi connectivity index (χ2n) is 3.63. The fourth-order valence-electron chi connectivity index (χ4n) is 1.59. The first-order chi connectivity index (χ1) is 7.29. The molecule has 2 rings (SSSR count). The van der Waals surface area contributed by atoms with Gasteiger partial charge in [-0.15, -0.1) is 0 Å². The van der Waals surface area contributed by atoms with E-state index in [2.05, 4.69) is 20.9 Å². The van der Waals surface area contributed by atoms with Gasteiger partial charge >= 0.3 is 0 Å². The molecule has 82 valence electrons. The van der Waals surface area contributed by atoms with Crippen LogP contribution in [0.3, 0.4) is 0 Å². The van der Waals surface area contributed by atoms with Crippen LogP contribution in [0.1, 0.15) is 17.8 Å². The van der Waals surface area contributed by atoms with Crippen molar-refractivity contribution in [1.29, 1.82) is 0 Å². The van der Waals surface area contributed by atoms with Gasteiger partial charge in [0.15, 0.2) is 0 Å². The van der Waals surface area contributed by atoms with Gasteiger partial charge in [0.05, 0.1) is 18.9 Å². The highest BCUT2D eigenvalue weighted by Crippen LogP contribution is 2.22. The van der Waals surface area contributed by atoms with Gasteiger partial charge in [0.2, 0.25) is 0 Å². The molecular weight excluding hydrogens is 258 g/mol. The van der Waals surface area contributed by atoms with Crippen molar-refractivity contribution in [3.63, 3.8) is 0 Å². The van der Waals surface area contributed by atoms with Gasteiger partial charge in [-0.25, -0.2) is 0 Å². The third-order valence-corrected chi connectivity index (χ3v) is 2.91. The van der Waals surface area contributed by atoms with Crippen LogP contribution in [0.5, 0.6) is 5.75 Å². The van der Waals surface area contributed by atoms with Crippen LogP contribution >= 0.6 is 15.9 Å². The van der Waals surface area contributed by atoms with E-state index in [4.69, 9.17) is 9.47 Å². The third kappa shape index (κ3) is 2.69. The molecule has 0 amide bonds. The first-order valence-electron chi connectivity index (χ1n) is 5.06. The Morgan fingerprint density at radius 2 is 2.47 bits per heavy atom. The molecule has 0 N–H and O–H groups in total. The fraction of sp³-hybridized carbons (Fsp3) is 0.545. The lowest BCUT2D eigenvalue weighted by atomic mass is 10.3. The van der Waals surface area contributed by atoms with Gasteiger partial charge in [-0.2, -0.15) is 0 Å². The number of alkyl halides is 1. The lowest BCUT2D eigenvalue weighted by molar-refractivity contribution is 0.140. The van der Waals surface area contributed by atoms with Crippen LogP contribution in [0.4, 0.5) is 0 Å². The molecule has 0 bridgehead atoms. The number of pyridine rings is 1. The fourth-order valence-corrected chi connectivity index (χ4v) is 1.99. The van der Waals surface area contributed by atoms with Crippen molar-refractivity contribution in [2.24, 2.45) is 0 Å². The summed E-state index contributed by atoms with van der Waals surface area (Å²) in [6.45, 7) is 3.47. The summed E-state index contributed by atoms with van der Waals surface area (Å²) in [6.07, 6.45) is 1.16. The number of halogens is 1. The summed E-state index contributed by atoms with van der Waals surface area (Å²) in [7, 11) is 0. The number of ether oxygens (including phenoxy) is 2. The molecule has 0 aliphatic carbocycles. The zero-order chi connectivity index (χ0) is 10.7. The molecule has 1 aromatic heterocycles. The molecule has 4 heteroatoms. The van der Waals surface area contributed by atoms with Crippen LogP contribution in [-0.2, 0) is 10.1 Å². The minimum absolute atomic E-state index is 0.187. The van der Waals surface area contributed by atoms with Crippen LogP contribution in [0, 0.1) is 6.92 Å². The minimum atomic E-state index is 0.187. The quantitative estimate of drug-likeness (QED) is 0.792. The molecule has 0 aromatic carbocycles. The molecule has 1 saturated heterocycles. The van der Waals surface area contributed by atoms with Gasteiger partial charge in [0.25, 0.3) is 0 Å². The number of nitrogens with zero attached hydrogens (tertiary/aromatic N) is 1. The number of hydrogen-bond acceptors (Lipinski definition) is 3. The second kappa shape index (κ2) is 4.94. The predicted octanol–water partition coefficient (Wildman–Crippen LogP) is 2.45. The second-order valence-corrected chi connectivity index (χ2v) is 4.20. The van der Waals surface area contributed by atoms with Gasteiger partial charge in [-0.05, 0) is 19.1 Å². The van der Waals surface area contributed by atoms with E-state index < -0.39 is 0 Å². The standard InChI is InChI=1S/C11H14BrNO2/c1-8-2-3-11(10(6-12)13-8)15-9-4-5-14-7-9/h2-3,9H,4-7H2,1H3. The topological polar surface area (TPSA) is 31.4 Å². The van der Waals surface area contributed by atoms with Crippen molar-refractivity contribution in [3.8, 4) is 5.75 Å². The average Bonchev–Trinajstić information content (AvgIpc) is 2.73. The Morgan fingerprint density at radius 1 is 1.60 bits per heavy atom. The Hall–Kier alpha value is -0.610. The van der Waals surface area contributed by atoms with Gasteiger partial charge in [-0.1, -0.05) is 15.9 Å². The monoisotopic (exact) mass is 271 g/mol. The van der Waals surface area contributed by atoms with Crippen molar-refractivity contribution < 1.29 is 9.47 Å². The molecule has 1 aromatic rings. The third-order valence-electron chi connectivity index (χ3n) is 2.38. The van der Waals surface area contributed by atoms with Crippen LogP contribution in [0.2, 0.25) is 0 Å². The number of aryl methyl sites for hydroxylation is 1. The molecule has 1 fully saturated rings. The van der Waals surface area contributed by atoms with Crippen molar-refractivity contribution in [2.75, 3.05) is 13.2 Å². The molecule has 1 aliphatic rings. The molecule has 1 aliphatic heterocycles. The van der Waals surface area contributed by atoms with Crippen molar-refractivity contribution in [1.82, 2.24) is 4.98 Å². The van der Waals surface area contributed by atoms with E-state index in [-0.39, 0.29) is 6.10 Å². The summed E-state index contributed by atoms with van der Waals surface area (Å²) in [5.74, 6) is 0.868. The maximum Gasteiger partial charge on any atom is 0.142 e. The minimum Gasteiger partial charge on any atom is -0.486 e. The molecule has 0 radical (unpaired) electrons. The molecule has 1 atom stereocenters. The molecule has 3 nitrogen and oxygen atoms in total. The van der Waals surface area contributed by atoms with Crippen LogP contribution in [0.25, 0.3) is 0 Å². The van der Waals surface area contributed by atoms with Crippen molar-refractivity contribution >= 4 is 15.9 Å². The Kier molecular flexibility index (Phi) is 3.59. The van der Waals surface area contributed by atoms with E-state index >= 15 is 0 Å².